The van der Waals surface area contributed by atoms with Crippen LogP contribution in [0.2, 0.25) is 5.02 Å². The normalized spacial score (nSPS) is 13.5. The van der Waals surface area contributed by atoms with Crippen LogP contribution in [0.15, 0.2) is 42.5 Å². The van der Waals surface area contributed by atoms with E-state index < -0.39 is 28.5 Å². The predicted octanol–water partition coefficient (Wildman–Crippen LogP) is 3.60. The number of unbranched alkanes of at least 4 members (excludes halogenated alkanes) is 1. The lowest BCUT2D eigenvalue weighted by Gasteiger charge is -2.32. The Labute approximate surface area is 223 Å². The van der Waals surface area contributed by atoms with E-state index in [2.05, 4.69) is 5.32 Å². The van der Waals surface area contributed by atoms with Crippen LogP contribution in [-0.4, -0.2) is 63.2 Å². The Morgan fingerprint density at radius 2 is 1.81 bits per heavy atom. The van der Waals surface area contributed by atoms with Crippen LogP contribution in [0.25, 0.3) is 0 Å². The van der Waals surface area contributed by atoms with Crippen molar-refractivity contribution in [2.75, 3.05) is 36.4 Å². The quantitative estimate of drug-likeness (QED) is 0.404. The molecule has 2 aromatic carbocycles. The highest BCUT2D eigenvalue weighted by Crippen LogP contribution is 2.35. The van der Waals surface area contributed by atoms with E-state index in [-0.39, 0.29) is 23.9 Å². The van der Waals surface area contributed by atoms with Crippen molar-refractivity contribution in [3.63, 3.8) is 0 Å². The number of hydrogen-bond donors (Lipinski definition) is 1. The number of hydrogen-bond acceptors (Lipinski definition) is 6. The third-order valence-electron chi connectivity index (χ3n) is 6.03. The Balaban J connectivity index is 1.92. The predicted molar refractivity (Wildman–Crippen MR) is 144 cm³/mol. The van der Waals surface area contributed by atoms with Crippen molar-refractivity contribution in [2.45, 2.75) is 46.2 Å². The molecule has 0 aliphatic carbocycles. The van der Waals surface area contributed by atoms with Gasteiger partial charge in [-0.3, -0.25) is 13.9 Å². The minimum atomic E-state index is -3.84. The van der Waals surface area contributed by atoms with E-state index >= 15 is 0 Å². The minimum absolute atomic E-state index is 0.0862. The summed E-state index contributed by atoms with van der Waals surface area (Å²) in [7, 11) is -3.84. The van der Waals surface area contributed by atoms with E-state index in [4.69, 9.17) is 21.1 Å². The zero-order chi connectivity index (χ0) is 27.0. The van der Waals surface area contributed by atoms with E-state index in [1.165, 1.54) is 11.8 Å². The van der Waals surface area contributed by atoms with Gasteiger partial charge in [0.15, 0.2) is 11.5 Å². The fourth-order valence-electron chi connectivity index (χ4n) is 3.86. The molecule has 0 saturated carbocycles. The van der Waals surface area contributed by atoms with E-state index in [0.717, 1.165) is 22.7 Å². The molecule has 1 N–H and O–H groups in total. The van der Waals surface area contributed by atoms with Gasteiger partial charge in [0.05, 0.1) is 11.4 Å². The van der Waals surface area contributed by atoms with Crippen LogP contribution in [0.3, 0.4) is 0 Å². The average Bonchev–Trinajstić information content (AvgIpc) is 2.89. The number of amides is 2. The van der Waals surface area contributed by atoms with E-state index in [1.807, 2.05) is 6.92 Å². The molecule has 1 heterocycles. The van der Waals surface area contributed by atoms with Crippen molar-refractivity contribution in [1.29, 1.82) is 0 Å². The van der Waals surface area contributed by atoms with Crippen LogP contribution in [0.5, 0.6) is 11.5 Å². The molecule has 11 heteroatoms. The molecular formula is C26H34ClN3O6S. The first-order valence-electron chi connectivity index (χ1n) is 12.4. The molecule has 0 radical (unpaired) electrons. The highest BCUT2D eigenvalue weighted by atomic mass is 35.5. The molecule has 3 rings (SSSR count). The largest absolute Gasteiger partial charge is 0.486 e. The van der Waals surface area contributed by atoms with Crippen molar-refractivity contribution < 1.29 is 27.5 Å². The summed E-state index contributed by atoms with van der Waals surface area (Å²) in [6.07, 6.45) is 1.73. The molecule has 0 aromatic heterocycles. The summed E-state index contributed by atoms with van der Waals surface area (Å²) >= 11 is 6.14. The minimum Gasteiger partial charge on any atom is -0.486 e. The van der Waals surface area contributed by atoms with Gasteiger partial charge in [-0.1, -0.05) is 37.1 Å². The van der Waals surface area contributed by atoms with Crippen molar-refractivity contribution in [1.82, 2.24) is 10.2 Å². The van der Waals surface area contributed by atoms with Crippen molar-refractivity contribution in [3.8, 4) is 11.5 Å². The van der Waals surface area contributed by atoms with Gasteiger partial charge >= 0.3 is 0 Å². The second kappa shape index (κ2) is 13.0. The summed E-state index contributed by atoms with van der Waals surface area (Å²) in [5, 5.41) is 3.35. The fourth-order valence-corrected chi connectivity index (χ4v) is 5.12. The van der Waals surface area contributed by atoms with E-state index in [1.54, 1.807) is 49.4 Å². The maximum absolute atomic E-state index is 13.7. The molecule has 1 aliphatic heterocycles. The number of sulfonamides is 1. The number of carbonyl (C=O) groups is 2. The SMILES string of the molecule is CCCCNC(=O)C(C)N(Cc1cccc(Cl)c1)C(=O)CN(c1ccc2c(c1)OCCO2)S(=O)(=O)CC. The molecular weight excluding hydrogens is 518 g/mol. The van der Waals surface area contributed by atoms with Crippen molar-refractivity contribution in [3.05, 3.63) is 53.1 Å². The highest BCUT2D eigenvalue weighted by Gasteiger charge is 2.31. The van der Waals surface area contributed by atoms with Crippen LogP contribution in [0.4, 0.5) is 5.69 Å². The number of fused-ring (bicyclic) bond motifs is 1. The first kappa shape index (κ1) is 28.6. The molecule has 1 unspecified atom stereocenters. The molecule has 1 atom stereocenters. The second-order valence-corrected chi connectivity index (χ2v) is 11.3. The summed E-state index contributed by atoms with van der Waals surface area (Å²) in [5.74, 6) is -0.129. The Hall–Kier alpha value is -2.98. The van der Waals surface area contributed by atoms with Crippen LogP contribution >= 0.6 is 11.6 Å². The average molecular weight is 552 g/mol. The number of nitrogens with zero attached hydrogens (tertiary/aromatic N) is 2. The summed E-state index contributed by atoms with van der Waals surface area (Å²) in [4.78, 5) is 28.0. The summed E-state index contributed by atoms with van der Waals surface area (Å²) < 4.78 is 38.4. The number of carbonyl (C=O) groups excluding carboxylic acids is 2. The molecule has 202 valence electrons. The molecule has 2 aromatic rings. The Bertz CT molecular complexity index is 1210. The van der Waals surface area contributed by atoms with Gasteiger partial charge in [0.1, 0.15) is 25.8 Å². The number of anilines is 1. The van der Waals surface area contributed by atoms with Gasteiger partial charge in [-0.15, -0.1) is 0 Å². The molecule has 0 bridgehead atoms. The number of nitrogens with one attached hydrogen (secondary N) is 1. The van der Waals surface area contributed by atoms with Crippen LogP contribution in [-0.2, 0) is 26.2 Å². The summed E-state index contributed by atoms with van der Waals surface area (Å²) in [6, 6.07) is 10.9. The van der Waals surface area contributed by atoms with Crippen molar-refractivity contribution in [2.24, 2.45) is 0 Å². The number of benzene rings is 2. The van der Waals surface area contributed by atoms with Crippen LogP contribution in [0.1, 0.15) is 39.2 Å². The van der Waals surface area contributed by atoms with Gasteiger partial charge in [0.2, 0.25) is 21.8 Å². The van der Waals surface area contributed by atoms with Crippen molar-refractivity contribution >= 4 is 39.1 Å². The first-order valence-corrected chi connectivity index (χ1v) is 14.4. The lowest BCUT2D eigenvalue weighted by Crippen LogP contribution is -2.51. The lowest BCUT2D eigenvalue weighted by molar-refractivity contribution is -0.139. The Morgan fingerprint density at radius 1 is 1.08 bits per heavy atom. The highest BCUT2D eigenvalue weighted by molar-refractivity contribution is 7.92. The smallest absolute Gasteiger partial charge is 0.244 e. The maximum Gasteiger partial charge on any atom is 0.244 e. The lowest BCUT2D eigenvalue weighted by atomic mass is 10.1. The third-order valence-corrected chi connectivity index (χ3v) is 8.01. The monoisotopic (exact) mass is 551 g/mol. The topological polar surface area (TPSA) is 105 Å². The molecule has 0 spiro atoms. The fraction of sp³-hybridized carbons (Fsp3) is 0.462. The van der Waals surface area contributed by atoms with Gasteiger partial charge in [-0.05, 0) is 50.1 Å². The Morgan fingerprint density at radius 3 is 2.49 bits per heavy atom. The third kappa shape index (κ3) is 7.52. The zero-order valence-electron chi connectivity index (χ0n) is 21.4. The number of rotatable bonds is 12. The van der Waals surface area contributed by atoms with Gasteiger partial charge in [0.25, 0.3) is 0 Å². The number of halogens is 1. The molecule has 0 fully saturated rings. The van der Waals surface area contributed by atoms with Crippen LogP contribution in [0, 0.1) is 0 Å². The van der Waals surface area contributed by atoms with Gasteiger partial charge in [0, 0.05) is 24.2 Å². The van der Waals surface area contributed by atoms with E-state index in [9.17, 15) is 18.0 Å². The second-order valence-electron chi connectivity index (χ2n) is 8.71. The maximum atomic E-state index is 13.7. The molecule has 2 amide bonds. The zero-order valence-corrected chi connectivity index (χ0v) is 23.0. The van der Waals surface area contributed by atoms with E-state index in [0.29, 0.717) is 36.3 Å². The van der Waals surface area contributed by atoms with Gasteiger partial charge < -0.3 is 19.7 Å². The van der Waals surface area contributed by atoms with Crippen LogP contribution < -0.4 is 19.1 Å². The molecule has 9 nitrogen and oxygen atoms in total. The van der Waals surface area contributed by atoms with Gasteiger partial charge in [-0.25, -0.2) is 8.42 Å². The summed E-state index contributed by atoms with van der Waals surface area (Å²) in [5.41, 5.74) is 1.00. The Kier molecular flexibility index (Phi) is 10.0. The summed E-state index contributed by atoms with van der Waals surface area (Å²) in [6.45, 7) is 6.00. The molecule has 1 aliphatic rings. The number of ether oxygens (including phenoxy) is 2. The van der Waals surface area contributed by atoms with Gasteiger partial charge in [-0.2, -0.15) is 0 Å². The standard InChI is InChI=1S/C26H34ClN3O6S/c1-4-6-12-28-26(32)19(3)29(17-20-8-7-9-21(27)15-20)25(31)18-30(37(33,34)5-2)22-10-11-23-24(16-22)36-14-13-35-23/h7-11,15-16,19H,4-6,12-14,17-18H2,1-3H3,(H,28,32). The molecule has 0 saturated heterocycles. The first-order chi connectivity index (χ1) is 17.7. The molecule has 37 heavy (non-hydrogen) atoms.